The fraction of sp³-hybridized carbons (Fsp3) is 0.600. The van der Waals surface area contributed by atoms with Crippen LogP contribution in [0.1, 0.15) is 19.8 Å². The predicted octanol–water partition coefficient (Wildman–Crippen LogP) is 2.11. The van der Waals surface area contributed by atoms with Gasteiger partial charge in [-0.25, -0.2) is 9.97 Å². The molecule has 0 radical (unpaired) electrons. The first-order chi connectivity index (χ1) is 7.25. The maximum atomic E-state index is 5.96. The van der Waals surface area contributed by atoms with Crippen molar-refractivity contribution in [1.82, 2.24) is 9.97 Å². The van der Waals surface area contributed by atoms with Crippen molar-refractivity contribution in [2.75, 3.05) is 11.9 Å². The molecule has 0 aliphatic carbocycles. The molecule has 4 nitrogen and oxygen atoms in total. The molecule has 2 unspecified atom stereocenters. The number of nitrogens with one attached hydrogen (secondary N) is 1. The Morgan fingerprint density at radius 2 is 2.47 bits per heavy atom. The molecule has 2 rings (SSSR count). The van der Waals surface area contributed by atoms with Crippen LogP contribution >= 0.6 is 11.6 Å². The highest BCUT2D eigenvalue weighted by atomic mass is 35.5. The standard InChI is InChI=1S/C10H14ClN3O/c1-7-4-8(2-3-15-7)14-10-9(11)5-12-6-13-10/h5-8H,2-4H2,1H3,(H,12,13,14). The summed E-state index contributed by atoms with van der Waals surface area (Å²) in [6.45, 7) is 2.87. The first kappa shape index (κ1) is 10.6. The normalized spacial score (nSPS) is 26.3. The zero-order valence-electron chi connectivity index (χ0n) is 8.61. The third-order valence-electron chi connectivity index (χ3n) is 2.49. The lowest BCUT2D eigenvalue weighted by molar-refractivity contribution is 0.0232. The van der Waals surface area contributed by atoms with Crippen molar-refractivity contribution >= 4 is 17.4 Å². The molecule has 5 heteroatoms. The van der Waals surface area contributed by atoms with Crippen LogP contribution in [0.2, 0.25) is 5.02 Å². The molecule has 1 N–H and O–H groups in total. The van der Waals surface area contributed by atoms with Crippen LogP contribution in [0.5, 0.6) is 0 Å². The fourth-order valence-electron chi connectivity index (χ4n) is 1.74. The van der Waals surface area contributed by atoms with Gasteiger partial charge >= 0.3 is 0 Å². The van der Waals surface area contributed by atoms with Crippen LogP contribution in [-0.2, 0) is 4.74 Å². The van der Waals surface area contributed by atoms with Gasteiger partial charge in [0.2, 0.25) is 0 Å². The highest BCUT2D eigenvalue weighted by molar-refractivity contribution is 6.32. The van der Waals surface area contributed by atoms with Gasteiger partial charge in [-0.2, -0.15) is 0 Å². The minimum atomic E-state index is 0.303. The molecule has 2 heterocycles. The lowest BCUT2D eigenvalue weighted by atomic mass is 10.0. The molecule has 1 fully saturated rings. The summed E-state index contributed by atoms with van der Waals surface area (Å²) in [6.07, 6.45) is 5.37. The van der Waals surface area contributed by atoms with Gasteiger partial charge in [0.05, 0.1) is 12.3 Å². The van der Waals surface area contributed by atoms with Crippen molar-refractivity contribution in [2.24, 2.45) is 0 Å². The Balaban J connectivity index is 1.99. The van der Waals surface area contributed by atoms with Crippen molar-refractivity contribution in [3.63, 3.8) is 0 Å². The van der Waals surface area contributed by atoms with Gasteiger partial charge in [0.1, 0.15) is 17.2 Å². The Morgan fingerprint density at radius 1 is 1.60 bits per heavy atom. The Hall–Kier alpha value is -0.870. The quantitative estimate of drug-likeness (QED) is 0.841. The number of hydrogen-bond acceptors (Lipinski definition) is 4. The molecular formula is C10H14ClN3O. The number of nitrogens with zero attached hydrogens (tertiary/aromatic N) is 2. The topological polar surface area (TPSA) is 47.0 Å². The van der Waals surface area contributed by atoms with E-state index in [2.05, 4.69) is 22.2 Å². The molecule has 2 atom stereocenters. The number of halogens is 1. The summed E-state index contributed by atoms with van der Waals surface area (Å²) >= 11 is 5.96. The maximum absolute atomic E-state index is 5.96. The van der Waals surface area contributed by atoms with E-state index in [0.29, 0.717) is 23.0 Å². The molecule has 0 amide bonds. The Labute approximate surface area is 94.0 Å². The molecule has 0 spiro atoms. The SMILES string of the molecule is CC1CC(Nc2ncncc2Cl)CCO1. The monoisotopic (exact) mass is 227 g/mol. The number of aromatic nitrogens is 2. The van der Waals surface area contributed by atoms with E-state index < -0.39 is 0 Å². The Morgan fingerprint density at radius 3 is 3.20 bits per heavy atom. The molecule has 1 aliphatic heterocycles. The van der Waals surface area contributed by atoms with Crippen molar-refractivity contribution in [1.29, 1.82) is 0 Å². The van der Waals surface area contributed by atoms with E-state index in [0.717, 1.165) is 19.4 Å². The summed E-state index contributed by atoms with van der Waals surface area (Å²) in [5.74, 6) is 0.714. The van der Waals surface area contributed by atoms with E-state index in [1.165, 1.54) is 6.33 Å². The molecule has 0 saturated carbocycles. The third-order valence-corrected chi connectivity index (χ3v) is 2.77. The van der Waals surface area contributed by atoms with Crippen LogP contribution in [0.4, 0.5) is 5.82 Å². The van der Waals surface area contributed by atoms with Crippen molar-refractivity contribution in [2.45, 2.75) is 31.9 Å². The van der Waals surface area contributed by atoms with Gasteiger partial charge in [-0.3, -0.25) is 0 Å². The van der Waals surface area contributed by atoms with Gasteiger partial charge in [-0.1, -0.05) is 11.6 Å². The van der Waals surface area contributed by atoms with Crippen LogP contribution in [0.25, 0.3) is 0 Å². The minimum Gasteiger partial charge on any atom is -0.378 e. The Kier molecular flexibility index (Phi) is 3.38. The molecule has 1 saturated heterocycles. The van der Waals surface area contributed by atoms with Gasteiger partial charge in [-0.05, 0) is 19.8 Å². The summed E-state index contributed by atoms with van der Waals surface area (Å²) in [4.78, 5) is 7.95. The van der Waals surface area contributed by atoms with E-state index in [1.54, 1.807) is 6.20 Å². The maximum Gasteiger partial charge on any atom is 0.148 e. The number of anilines is 1. The first-order valence-corrected chi connectivity index (χ1v) is 5.47. The van der Waals surface area contributed by atoms with Crippen molar-refractivity contribution in [3.05, 3.63) is 17.5 Å². The van der Waals surface area contributed by atoms with Crippen LogP contribution in [0, 0.1) is 0 Å². The smallest absolute Gasteiger partial charge is 0.148 e. The summed E-state index contributed by atoms with van der Waals surface area (Å²) in [5.41, 5.74) is 0. The van der Waals surface area contributed by atoms with E-state index >= 15 is 0 Å². The summed E-state index contributed by atoms with van der Waals surface area (Å²) in [5, 5.41) is 3.88. The first-order valence-electron chi connectivity index (χ1n) is 5.09. The lowest BCUT2D eigenvalue weighted by Crippen LogP contribution is -2.32. The number of rotatable bonds is 2. The van der Waals surface area contributed by atoms with Crippen LogP contribution in [-0.4, -0.2) is 28.7 Å². The highest BCUT2D eigenvalue weighted by Gasteiger charge is 2.19. The number of ether oxygens (including phenoxy) is 1. The fourth-order valence-corrected chi connectivity index (χ4v) is 1.90. The largest absolute Gasteiger partial charge is 0.378 e. The summed E-state index contributed by atoms with van der Waals surface area (Å²) < 4.78 is 5.47. The van der Waals surface area contributed by atoms with E-state index in [4.69, 9.17) is 16.3 Å². The minimum absolute atomic E-state index is 0.303. The van der Waals surface area contributed by atoms with Crippen LogP contribution < -0.4 is 5.32 Å². The molecular weight excluding hydrogens is 214 g/mol. The average Bonchev–Trinajstić information content (AvgIpc) is 2.22. The third kappa shape index (κ3) is 2.79. The molecule has 0 aromatic carbocycles. The van der Waals surface area contributed by atoms with Crippen molar-refractivity contribution in [3.8, 4) is 0 Å². The highest BCUT2D eigenvalue weighted by Crippen LogP contribution is 2.21. The molecule has 1 aliphatic rings. The Bertz CT molecular complexity index is 334. The van der Waals surface area contributed by atoms with Gasteiger partial charge in [-0.15, -0.1) is 0 Å². The second kappa shape index (κ2) is 4.77. The van der Waals surface area contributed by atoms with Gasteiger partial charge in [0.15, 0.2) is 0 Å². The zero-order chi connectivity index (χ0) is 10.7. The molecule has 15 heavy (non-hydrogen) atoms. The summed E-state index contributed by atoms with van der Waals surface area (Å²) in [6, 6.07) is 0.390. The second-order valence-electron chi connectivity index (χ2n) is 3.77. The molecule has 1 aromatic heterocycles. The molecule has 82 valence electrons. The van der Waals surface area contributed by atoms with Gasteiger partial charge in [0, 0.05) is 12.6 Å². The second-order valence-corrected chi connectivity index (χ2v) is 4.17. The van der Waals surface area contributed by atoms with Crippen LogP contribution in [0.3, 0.4) is 0 Å². The van der Waals surface area contributed by atoms with E-state index in [9.17, 15) is 0 Å². The van der Waals surface area contributed by atoms with Gasteiger partial charge < -0.3 is 10.1 Å². The molecule has 1 aromatic rings. The van der Waals surface area contributed by atoms with Crippen molar-refractivity contribution < 1.29 is 4.74 Å². The van der Waals surface area contributed by atoms with Gasteiger partial charge in [0.25, 0.3) is 0 Å². The van der Waals surface area contributed by atoms with E-state index in [1.807, 2.05) is 0 Å². The number of hydrogen-bond donors (Lipinski definition) is 1. The average molecular weight is 228 g/mol. The molecule has 0 bridgehead atoms. The van der Waals surface area contributed by atoms with E-state index in [-0.39, 0.29) is 0 Å². The lowest BCUT2D eigenvalue weighted by Gasteiger charge is -2.28. The predicted molar refractivity (Wildman–Crippen MR) is 59.1 cm³/mol. The zero-order valence-corrected chi connectivity index (χ0v) is 9.37. The summed E-state index contributed by atoms with van der Waals surface area (Å²) in [7, 11) is 0. The van der Waals surface area contributed by atoms with Crippen LogP contribution in [0.15, 0.2) is 12.5 Å².